The molecule has 0 spiro atoms. The summed E-state index contributed by atoms with van der Waals surface area (Å²) in [6, 6.07) is 4.36. The highest BCUT2D eigenvalue weighted by Crippen LogP contribution is 2.27. The second-order valence-corrected chi connectivity index (χ2v) is 3.44. The molecule has 1 unspecified atom stereocenters. The molecule has 1 aromatic carbocycles. The second-order valence-electron chi connectivity index (χ2n) is 3.44. The van der Waals surface area contributed by atoms with E-state index >= 15 is 0 Å². The van der Waals surface area contributed by atoms with Crippen LogP contribution in [0.3, 0.4) is 0 Å². The smallest absolute Gasteiger partial charge is 0.157 e. The first-order valence-electron chi connectivity index (χ1n) is 5.05. The van der Waals surface area contributed by atoms with Gasteiger partial charge in [0.25, 0.3) is 0 Å². The molecule has 1 rings (SSSR count). The molecule has 1 atom stereocenters. The van der Waals surface area contributed by atoms with Gasteiger partial charge in [-0.1, -0.05) is 13.0 Å². The van der Waals surface area contributed by atoms with E-state index in [0.717, 1.165) is 18.5 Å². The van der Waals surface area contributed by atoms with Crippen molar-refractivity contribution < 1.29 is 15.3 Å². The van der Waals surface area contributed by atoms with Crippen molar-refractivity contribution in [2.24, 2.45) is 0 Å². The van der Waals surface area contributed by atoms with Crippen molar-refractivity contribution in [3.63, 3.8) is 0 Å². The van der Waals surface area contributed by atoms with Gasteiger partial charge < -0.3 is 20.6 Å². The SMILES string of the molecule is CCCNC(CO)c1ccc(O)c(O)c1. The van der Waals surface area contributed by atoms with Crippen LogP contribution in [0.4, 0.5) is 0 Å². The largest absolute Gasteiger partial charge is 0.504 e. The summed E-state index contributed by atoms with van der Waals surface area (Å²) in [5.41, 5.74) is 0.765. The van der Waals surface area contributed by atoms with Gasteiger partial charge >= 0.3 is 0 Å². The van der Waals surface area contributed by atoms with Gasteiger partial charge in [0, 0.05) is 0 Å². The molecule has 0 saturated carbocycles. The van der Waals surface area contributed by atoms with Gasteiger partial charge in [0.2, 0.25) is 0 Å². The van der Waals surface area contributed by atoms with Gasteiger partial charge in [-0.05, 0) is 30.7 Å². The predicted octanol–water partition coefficient (Wildman–Crippen LogP) is 1.13. The van der Waals surface area contributed by atoms with Crippen LogP contribution >= 0.6 is 0 Å². The maximum Gasteiger partial charge on any atom is 0.157 e. The van der Waals surface area contributed by atoms with E-state index in [1.54, 1.807) is 6.07 Å². The maximum atomic E-state index is 9.31. The van der Waals surface area contributed by atoms with Crippen LogP contribution in [0.15, 0.2) is 18.2 Å². The lowest BCUT2D eigenvalue weighted by Crippen LogP contribution is -2.24. The molecule has 0 saturated heterocycles. The van der Waals surface area contributed by atoms with Crippen LogP contribution in [0.2, 0.25) is 0 Å². The van der Waals surface area contributed by atoms with E-state index in [9.17, 15) is 5.11 Å². The van der Waals surface area contributed by atoms with E-state index in [2.05, 4.69) is 5.32 Å². The van der Waals surface area contributed by atoms with Gasteiger partial charge in [0.15, 0.2) is 11.5 Å². The Hall–Kier alpha value is -1.26. The Morgan fingerprint density at radius 1 is 1.27 bits per heavy atom. The lowest BCUT2D eigenvalue weighted by atomic mass is 10.1. The fraction of sp³-hybridized carbons (Fsp3) is 0.455. The third kappa shape index (κ3) is 3.11. The van der Waals surface area contributed by atoms with Crippen molar-refractivity contribution in [3.8, 4) is 11.5 Å². The van der Waals surface area contributed by atoms with Gasteiger partial charge in [-0.3, -0.25) is 0 Å². The fourth-order valence-electron chi connectivity index (χ4n) is 1.36. The molecule has 0 radical (unpaired) electrons. The van der Waals surface area contributed by atoms with Crippen molar-refractivity contribution in [3.05, 3.63) is 23.8 Å². The van der Waals surface area contributed by atoms with E-state index in [4.69, 9.17) is 10.2 Å². The molecule has 4 N–H and O–H groups in total. The van der Waals surface area contributed by atoms with Crippen LogP contribution < -0.4 is 5.32 Å². The molecule has 0 aromatic heterocycles. The molecular weight excluding hydrogens is 194 g/mol. The predicted molar refractivity (Wildman–Crippen MR) is 57.9 cm³/mol. The number of aromatic hydroxyl groups is 2. The third-order valence-electron chi connectivity index (χ3n) is 2.23. The average molecular weight is 211 g/mol. The molecule has 0 bridgehead atoms. The number of benzene rings is 1. The van der Waals surface area contributed by atoms with Crippen LogP contribution in [0.1, 0.15) is 24.9 Å². The van der Waals surface area contributed by atoms with E-state index in [-0.39, 0.29) is 24.1 Å². The van der Waals surface area contributed by atoms with Crippen molar-refractivity contribution >= 4 is 0 Å². The fourth-order valence-corrected chi connectivity index (χ4v) is 1.36. The highest BCUT2D eigenvalue weighted by Gasteiger charge is 2.10. The normalized spacial score (nSPS) is 12.7. The Morgan fingerprint density at radius 2 is 2.00 bits per heavy atom. The highest BCUT2D eigenvalue weighted by atomic mass is 16.3. The minimum Gasteiger partial charge on any atom is -0.504 e. The van der Waals surface area contributed by atoms with Crippen LogP contribution in [-0.2, 0) is 0 Å². The lowest BCUT2D eigenvalue weighted by Gasteiger charge is -2.16. The zero-order valence-corrected chi connectivity index (χ0v) is 8.77. The summed E-state index contributed by atoms with van der Waals surface area (Å²) < 4.78 is 0. The zero-order valence-electron chi connectivity index (χ0n) is 8.77. The Labute approximate surface area is 89.2 Å². The topological polar surface area (TPSA) is 72.7 Å². The van der Waals surface area contributed by atoms with Gasteiger partial charge in [0.05, 0.1) is 12.6 Å². The molecule has 0 aliphatic carbocycles. The Morgan fingerprint density at radius 3 is 2.53 bits per heavy atom. The van der Waals surface area contributed by atoms with Gasteiger partial charge in [-0.25, -0.2) is 0 Å². The number of phenolic OH excluding ortho intramolecular Hbond substituents is 2. The van der Waals surface area contributed by atoms with Crippen LogP contribution in [0.5, 0.6) is 11.5 Å². The van der Waals surface area contributed by atoms with E-state index in [1.807, 2.05) is 6.92 Å². The van der Waals surface area contributed by atoms with Crippen molar-refractivity contribution in [1.82, 2.24) is 5.32 Å². The molecule has 4 heteroatoms. The molecule has 4 nitrogen and oxygen atoms in total. The first-order chi connectivity index (χ1) is 7.19. The van der Waals surface area contributed by atoms with Crippen LogP contribution in [0, 0.1) is 0 Å². The molecule has 0 aliphatic rings. The van der Waals surface area contributed by atoms with Gasteiger partial charge in [-0.15, -0.1) is 0 Å². The number of hydrogen-bond acceptors (Lipinski definition) is 4. The Balaban J connectivity index is 2.78. The number of aliphatic hydroxyl groups is 1. The summed E-state index contributed by atoms with van der Waals surface area (Å²) in [5.74, 6) is -0.310. The molecule has 84 valence electrons. The molecule has 0 amide bonds. The summed E-state index contributed by atoms with van der Waals surface area (Å²) in [7, 11) is 0. The summed E-state index contributed by atoms with van der Waals surface area (Å²) in [4.78, 5) is 0. The Kier molecular flexibility index (Phi) is 4.39. The third-order valence-corrected chi connectivity index (χ3v) is 2.23. The first-order valence-corrected chi connectivity index (χ1v) is 5.05. The van der Waals surface area contributed by atoms with E-state index < -0.39 is 0 Å². The summed E-state index contributed by atoms with van der Waals surface area (Å²) in [6.07, 6.45) is 0.973. The zero-order chi connectivity index (χ0) is 11.3. The van der Waals surface area contributed by atoms with E-state index in [1.165, 1.54) is 12.1 Å². The summed E-state index contributed by atoms with van der Waals surface area (Å²) in [5, 5.41) is 30.8. The minimum absolute atomic E-state index is 0.0375. The maximum absolute atomic E-state index is 9.31. The number of phenols is 2. The van der Waals surface area contributed by atoms with E-state index in [0.29, 0.717) is 0 Å². The number of hydrogen-bond donors (Lipinski definition) is 4. The van der Waals surface area contributed by atoms with Crippen molar-refractivity contribution in [2.45, 2.75) is 19.4 Å². The number of rotatable bonds is 5. The monoisotopic (exact) mass is 211 g/mol. The average Bonchev–Trinajstić information content (AvgIpc) is 2.24. The molecule has 1 aromatic rings. The summed E-state index contributed by atoms with van der Waals surface area (Å²) >= 11 is 0. The Bertz CT molecular complexity index is 315. The second kappa shape index (κ2) is 5.58. The van der Waals surface area contributed by atoms with Gasteiger partial charge in [0.1, 0.15) is 0 Å². The highest BCUT2D eigenvalue weighted by molar-refractivity contribution is 5.41. The minimum atomic E-state index is -0.198. The standard InChI is InChI=1S/C11H17NO3/c1-2-5-12-9(7-13)8-3-4-10(14)11(15)6-8/h3-4,6,9,12-15H,2,5,7H2,1H3. The molecular formula is C11H17NO3. The molecule has 0 heterocycles. The lowest BCUT2D eigenvalue weighted by molar-refractivity contribution is 0.244. The van der Waals surface area contributed by atoms with Crippen LogP contribution in [-0.4, -0.2) is 28.5 Å². The molecule has 0 fully saturated rings. The van der Waals surface area contributed by atoms with Crippen LogP contribution in [0.25, 0.3) is 0 Å². The quantitative estimate of drug-likeness (QED) is 0.551. The molecule has 0 aliphatic heterocycles. The first kappa shape index (κ1) is 11.8. The summed E-state index contributed by atoms with van der Waals surface area (Å²) in [6.45, 7) is 2.80. The number of aliphatic hydroxyl groups excluding tert-OH is 1. The van der Waals surface area contributed by atoms with Crippen molar-refractivity contribution in [1.29, 1.82) is 0 Å². The van der Waals surface area contributed by atoms with Gasteiger partial charge in [-0.2, -0.15) is 0 Å². The molecule has 15 heavy (non-hydrogen) atoms. The van der Waals surface area contributed by atoms with Crippen molar-refractivity contribution in [2.75, 3.05) is 13.2 Å². The number of nitrogens with one attached hydrogen (secondary N) is 1.